The Kier molecular flexibility index (Phi) is 6.96. The van der Waals surface area contributed by atoms with Crippen molar-refractivity contribution in [2.75, 3.05) is 7.11 Å². The SMILES string of the molecule is CCCCC(=O)NNC(=O)/C=C/c1ccc(-n2cnc(C)c2)c(OC)c1. The number of hydrazine groups is 1. The fourth-order valence-corrected chi connectivity index (χ4v) is 2.31. The molecular formula is C19H24N4O3. The number of nitrogens with zero attached hydrogens (tertiary/aromatic N) is 2. The van der Waals surface area contributed by atoms with Crippen molar-refractivity contribution in [3.05, 3.63) is 48.1 Å². The Morgan fingerprint density at radius 1 is 1.31 bits per heavy atom. The van der Waals surface area contributed by atoms with E-state index in [1.165, 1.54) is 6.08 Å². The van der Waals surface area contributed by atoms with Gasteiger partial charge in [0.05, 0.1) is 24.8 Å². The monoisotopic (exact) mass is 356 g/mol. The van der Waals surface area contributed by atoms with Crippen molar-refractivity contribution in [2.24, 2.45) is 0 Å². The first kappa shape index (κ1) is 19.2. The predicted octanol–water partition coefficient (Wildman–Crippen LogP) is 2.54. The molecule has 0 aliphatic rings. The number of hydrogen-bond acceptors (Lipinski definition) is 4. The van der Waals surface area contributed by atoms with E-state index in [2.05, 4.69) is 15.8 Å². The molecule has 0 radical (unpaired) electrons. The van der Waals surface area contributed by atoms with Gasteiger partial charge in [-0.15, -0.1) is 0 Å². The van der Waals surface area contributed by atoms with E-state index in [1.807, 2.05) is 42.8 Å². The molecule has 0 atom stereocenters. The molecule has 0 saturated carbocycles. The van der Waals surface area contributed by atoms with Gasteiger partial charge in [-0.2, -0.15) is 0 Å². The smallest absolute Gasteiger partial charge is 0.262 e. The van der Waals surface area contributed by atoms with E-state index in [0.717, 1.165) is 29.8 Å². The second-order valence-corrected chi connectivity index (χ2v) is 5.83. The second kappa shape index (κ2) is 9.41. The van der Waals surface area contributed by atoms with Crippen LogP contribution in [0.4, 0.5) is 0 Å². The Morgan fingerprint density at radius 3 is 2.77 bits per heavy atom. The Hall–Kier alpha value is -3.09. The minimum Gasteiger partial charge on any atom is -0.495 e. The van der Waals surface area contributed by atoms with Crippen LogP contribution in [0.25, 0.3) is 11.8 Å². The van der Waals surface area contributed by atoms with Crippen molar-refractivity contribution in [1.82, 2.24) is 20.4 Å². The summed E-state index contributed by atoms with van der Waals surface area (Å²) in [7, 11) is 1.59. The van der Waals surface area contributed by atoms with Crippen molar-refractivity contribution >= 4 is 17.9 Å². The molecule has 1 heterocycles. The average molecular weight is 356 g/mol. The van der Waals surface area contributed by atoms with Gasteiger partial charge in [0.15, 0.2) is 0 Å². The average Bonchev–Trinajstić information content (AvgIpc) is 3.08. The molecule has 1 aromatic heterocycles. The number of methoxy groups -OCH3 is 1. The van der Waals surface area contributed by atoms with E-state index in [0.29, 0.717) is 12.2 Å². The summed E-state index contributed by atoms with van der Waals surface area (Å²) in [6.45, 7) is 3.92. The van der Waals surface area contributed by atoms with Crippen LogP contribution in [0.1, 0.15) is 37.4 Å². The highest BCUT2D eigenvalue weighted by Gasteiger charge is 2.07. The van der Waals surface area contributed by atoms with Crippen LogP contribution in [0.2, 0.25) is 0 Å². The molecule has 7 nitrogen and oxygen atoms in total. The fourth-order valence-electron chi connectivity index (χ4n) is 2.31. The second-order valence-electron chi connectivity index (χ2n) is 5.83. The number of nitrogens with one attached hydrogen (secondary N) is 2. The molecule has 2 N–H and O–H groups in total. The van der Waals surface area contributed by atoms with Crippen molar-refractivity contribution < 1.29 is 14.3 Å². The van der Waals surface area contributed by atoms with E-state index in [1.54, 1.807) is 19.5 Å². The lowest BCUT2D eigenvalue weighted by Crippen LogP contribution is -2.40. The number of hydrogen-bond donors (Lipinski definition) is 2. The van der Waals surface area contributed by atoms with E-state index in [9.17, 15) is 9.59 Å². The minimum absolute atomic E-state index is 0.199. The predicted molar refractivity (Wildman–Crippen MR) is 99.7 cm³/mol. The minimum atomic E-state index is -0.400. The van der Waals surface area contributed by atoms with Gasteiger partial charge >= 0.3 is 0 Å². The molecule has 0 fully saturated rings. The maximum atomic E-state index is 11.8. The molecular weight excluding hydrogens is 332 g/mol. The summed E-state index contributed by atoms with van der Waals surface area (Å²) >= 11 is 0. The summed E-state index contributed by atoms with van der Waals surface area (Å²) < 4.78 is 7.31. The largest absolute Gasteiger partial charge is 0.495 e. The molecule has 0 aliphatic carbocycles. The van der Waals surface area contributed by atoms with Crippen LogP contribution >= 0.6 is 0 Å². The summed E-state index contributed by atoms with van der Waals surface area (Å²) in [4.78, 5) is 27.5. The Morgan fingerprint density at radius 2 is 2.12 bits per heavy atom. The lowest BCUT2D eigenvalue weighted by atomic mass is 10.1. The summed E-state index contributed by atoms with van der Waals surface area (Å²) in [5, 5.41) is 0. The number of imidazole rings is 1. The van der Waals surface area contributed by atoms with E-state index in [4.69, 9.17) is 4.74 Å². The molecule has 2 aromatic rings. The molecule has 0 aliphatic heterocycles. The van der Waals surface area contributed by atoms with Crippen molar-refractivity contribution in [2.45, 2.75) is 33.1 Å². The van der Waals surface area contributed by atoms with E-state index >= 15 is 0 Å². The zero-order valence-corrected chi connectivity index (χ0v) is 15.3. The van der Waals surface area contributed by atoms with Gasteiger partial charge in [-0.3, -0.25) is 20.4 Å². The molecule has 2 amide bonds. The number of carbonyl (C=O) groups is 2. The number of rotatable bonds is 7. The van der Waals surface area contributed by atoms with Gasteiger partial charge in [0, 0.05) is 18.7 Å². The third-order valence-corrected chi connectivity index (χ3v) is 3.70. The molecule has 7 heteroatoms. The standard InChI is InChI=1S/C19H24N4O3/c1-4-5-6-18(24)21-22-19(25)10-8-15-7-9-16(17(11-15)26-3)23-12-14(2)20-13-23/h7-13H,4-6H2,1-3H3,(H,21,24)(H,22,25)/b10-8+. The number of carbonyl (C=O) groups excluding carboxylic acids is 2. The zero-order valence-electron chi connectivity index (χ0n) is 15.3. The molecule has 0 spiro atoms. The van der Waals surface area contributed by atoms with Crippen LogP contribution in [0.15, 0.2) is 36.8 Å². The van der Waals surface area contributed by atoms with Gasteiger partial charge in [-0.05, 0) is 37.1 Å². The van der Waals surface area contributed by atoms with E-state index in [-0.39, 0.29) is 5.91 Å². The first-order valence-electron chi connectivity index (χ1n) is 8.49. The quantitative estimate of drug-likeness (QED) is 0.590. The normalized spacial score (nSPS) is 10.7. The van der Waals surface area contributed by atoms with Crippen LogP contribution < -0.4 is 15.6 Å². The Labute approximate surface area is 153 Å². The van der Waals surface area contributed by atoms with Crippen LogP contribution in [0.5, 0.6) is 5.75 Å². The number of aryl methyl sites for hydroxylation is 1. The fraction of sp³-hybridized carbons (Fsp3) is 0.316. The summed E-state index contributed by atoms with van der Waals surface area (Å²) in [5.74, 6) is 0.0659. The van der Waals surface area contributed by atoms with Crippen molar-refractivity contribution in [1.29, 1.82) is 0 Å². The molecule has 0 unspecified atom stereocenters. The third-order valence-electron chi connectivity index (χ3n) is 3.70. The van der Waals surface area contributed by atoms with Gasteiger partial charge < -0.3 is 9.30 Å². The van der Waals surface area contributed by atoms with Crippen LogP contribution in [0, 0.1) is 6.92 Å². The van der Waals surface area contributed by atoms with Gasteiger partial charge in [0.1, 0.15) is 5.75 Å². The number of benzene rings is 1. The van der Waals surface area contributed by atoms with E-state index < -0.39 is 5.91 Å². The molecule has 2 rings (SSSR count). The molecule has 0 saturated heterocycles. The number of ether oxygens (including phenoxy) is 1. The third kappa shape index (κ3) is 5.47. The highest BCUT2D eigenvalue weighted by atomic mass is 16.5. The van der Waals surface area contributed by atoms with Gasteiger partial charge in [-0.1, -0.05) is 19.4 Å². The lowest BCUT2D eigenvalue weighted by Gasteiger charge is -2.10. The highest BCUT2D eigenvalue weighted by Crippen LogP contribution is 2.25. The summed E-state index contributed by atoms with van der Waals surface area (Å²) in [6, 6.07) is 5.59. The maximum absolute atomic E-state index is 11.8. The lowest BCUT2D eigenvalue weighted by molar-refractivity contribution is -0.126. The number of aromatic nitrogens is 2. The molecule has 138 valence electrons. The zero-order chi connectivity index (χ0) is 18.9. The van der Waals surface area contributed by atoms with Crippen molar-refractivity contribution in [3.8, 4) is 11.4 Å². The van der Waals surface area contributed by atoms with Gasteiger partial charge in [-0.25, -0.2) is 4.98 Å². The van der Waals surface area contributed by atoms with Gasteiger partial charge in [0.2, 0.25) is 5.91 Å². The molecule has 0 bridgehead atoms. The maximum Gasteiger partial charge on any atom is 0.262 e. The number of amides is 2. The summed E-state index contributed by atoms with van der Waals surface area (Å²) in [6.07, 6.45) is 8.75. The Bertz CT molecular complexity index is 796. The number of unbranched alkanes of at least 4 members (excludes halogenated alkanes) is 1. The van der Waals surface area contributed by atoms with Crippen LogP contribution in [-0.4, -0.2) is 28.5 Å². The highest BCUT2D eigenvalue weighted by molar-refractivity contribution is 5.93. The topological polar surface area (TPSA) is 85.3 Å². The van der Waals surface area contributed by atoms with Gasteiger partial charge in [0.25, 0.3) is 5.91 Å². The summed E-state index contributed by atoms with van der Waals surface area (Å²) in [5.41, 5.74) is 7.32. The van der Waals surface area contributed by atoms with Crippen LogP contribution in [-0.2, 0) is 9.59 Å². The Balaban J connectivity index is 1.99. The molecule has 26 heavy (non-hydrogen) atoms. The van der Waals surface area contributed by atoms with Crippen LogP contribution in [0.3, 0.4) is 0 Å². The molecule has 1 aromatic carbocycles. The van der Waals surface area contributed by atoms with Crippen molar-refractivity contribution in [3.63, 3.8) is 0 Å². The first-order valence-corrected chi connectivity index (χ1v) is 8.49. The first-order chi connectivity index (χ1) is 12.5.